The number of anilines is 1. The molecule has 1 aromatic carbocycles. The zero-order chi connectivity index (χ0) is 13.4. The van der Waals surface area contributed by atoms with Gasteiger partial charge in [-0.3, -0.25) is 9.59 Å². The number of benzene rings is 1. The first-order valence-electron chi connectivity index (χ1n) is 5.75. The number of thioether (sulfide) groups is 1. The van der Waals surface area contributed by atoms with Gasteiger partial charge in [0.1, 0.15) is 0 Å². The fraction of sp³-hybridized carbons (Fsp3) is 0.385. The van der Waals surface area contributed by atoms with Crippen molar-refractivity contribution in [3.63, 3.8) is 0 Å². The van der Waals surface area contributed by atoms with Crippen molar-refractivity contribution in [2.45, 2.75) is 24.7 Å². The van der Waals surface area contributed by atoms with Crippen LogP contribution in [0.2, 0.25) is 0 Å². The van der Waals surface area contributed by atoms with E-state index in [1.807, 2.05) is 30.5 Å². The van der Waals surface area contributed by atoms with Crippen molar-refractivity contribution in [1.29, 1.82) is 0 Å². The van der Waals surface area contributed by atoms with Crippen molar-refractivity contribution in [3.05, 3.63) is 24.3 Å². The Bertz CT molecular complexity index is 420. The summed E-state index contributed by atoms with van der Waals surface area (Å²) in [6, 6.07) is 7.57. The van der Waals surface area contributed by atoms with Crippen LogP contribution in [-0.4, -0.2) is 24.7 Å². The lowest BCUT2D eigenvalue weighted by Crippen LogP contribution is -2.14. The third-order valence-corrected chi connectivity index (χ3v) is 2.94. The van der Waals surface area contributed by atoms with Crippen LogP contribution in [0, 0.1) is 0 Å². The summed E-state index contributed by atoms with van der Waals surface area (Å²) in [5.74, 6) is -0.521. The molecule has 0 aliphatic carbocycles. The molecule has 0 atom stereocenters. The minimum Gasteiger partial charge on any atom is -0.466 e. The molecule has 0 heterocycles. The van der Waals surface area contributed by atoms with Crippen LogP contribution < -0.4 is 5.32 Å². The number of carbonyl (C=O) groups is 2. The number of ether oxygens (including phenoxy) is 1. The number of hydrogen-bond donors (Lipinski definition) is 1. The van der Waals surface area contributed by atoms with E-state index >= 15 is 0 Å². The fourth-order valence-corrected chi connectivity index (χ4v) is 1.83. The fourth-order valence-electron chi connectivity index (χ4n) is 1.37. The molecule has 98 valence electrons. The molecular formula is C13H17NO3S. The van der Waals surface area contributed by atoms with E-state index in [1.165, 1.54) is 0 Å². The second-order valence-corrected chi connectivity index (χ2v) is 4.46. The van der Waals surface area contributed by atoms with Crippen molar-refractivity contribution < 1.29 is 14.3 Å². The predicted molar refractivity (Wildman–Crippen MR) is 72.7 cm³/mol. The third-order valence-electron chi connectivity index (χ3n) is 2.22. The quantitative estimate of drug-likeness (QED) is 0.636. The molecular weight excluding hydrogens is 250 g/mol. The van der Waals surface area contributed by atoms with Crippen LogP contribution in [0.15, 0.2) is 29.2 Å². The van der Waals surface area contributed by atoms with Gasteiger partial charge in [0.25, 0.3) is 0 Å². The molecule has 18 heavy (non-hydrogen) atoms. The van der Waals surface area contributed by atoms with E-state index in [9.17, 15) is 9.59 Å². The van der Waals surface area contributed by atoms with Gasteiger partial charge in [-0.15, -0.1) is 11.8 Å². The Labute approximate surface area is 111 Å². The van der Waals surface area contributed by atoms with Crippen molar-refractivity contribution in [3.8, 4) is 0 Å². The van der Waals surface area contributed by atoms with Gasteiger partial charge in [0.2, 0.25) is 5.91 Å². The molecule has 1 aromatic rings. The van der Waals surface area contributed by atoms with Crippen LogP contribution in [0.4, 0.5) is 5.69 Å². The number of amides is 1. The maximum Gasteiger partial charge on any atom is 0.306 e. The zero-order valence-electron chi connectivity index (χ0n) is 10.6. The van der Waals surface area contributed by atoms with Crippen LogP contribution in [0.3, 0.4) is 0 Å². The lowest BCUT2D eigenvalue weighted by atomic mass is 10.2. The summed E-state index contributed by atoms with van der Waals surface area (Å²) in [5.41, 5.74) is 0.746. The van der Waals surface area contributed by atoms with E-state index < -0.39 is 0 Å². The Balaban J connectivity index is 2.42. The average Bonchev–Trinajstić information content (AvgIpc) is 2.37. The highest BCUT2D eigenvalue weighted by molar-refractivity contribution is 7.98. The molecule has 0 saturated heterocycles. The lowest BCUT2D eigenvalue weighted by Gasteiger charge is -2.06. The van der Waals surface area contributed by atoms with E-state index in [1.54, 1.807) is 18.7 Å². The van der Waals surface area contributed by atoms with Gasteiger partial charge in [-0.05, 0) is 31.4 Å². The minimum absolute atomic E-state index is 0.113. The molecule has 0 aliphatic heterocycles. The maximum atomic E-state index is 11.6. The molecule has 0 radical (unpaired) electrons. The van der Waals surface area contributed by atoms with Crippen molar-refractivity contribution in [2.75, 3.05) is 18.2 Å². The van der Waals surface area contributed by atoms with Crippen LogP contribution >= 0.6 is 11.8 Å². The standard InChI is InChI=1S/C13H17NO3S/c1-3-17-13(16)8-7-12(15)14-10-5-4-6-11(9-10)18-2/h4-6,9H,3,7-8H2,1-2H3,(H,14,15). The number of esters is 1. The van der Waals surface area contributed by atoms with E-state index in [0.29, 0.717) is 6.61 Å². The topological polar surface area (TPSA) is 55.4 Å². The van der Waals surface area contributed by atoms with E-state index in [4.69, 9.17) is 4.74 Å². The van der Waals surface area contributed by atoms with Gasteiger partial charge >= 0.3 is 5.97 Å². The van der Waals surface area contributed by atoms with Crippen LogP contribution in [0.1, 0.15) is 19.8 Å². The summed E-state index contributed by atoms with van der Waals surface area (Å²) in [6.07, 6.45) is 2.23. The molecule has 0 aromatic heterocycles. The van der Waals surface area contributed by atoms with E-state index in [0.717, 1.165) is 10.6 Å². The number of rotatable bonds is 6. The van der Waals surface area contributed by atoms with E-state index in [2.05, 4.69) is 5.32 Å². The normalized spacial score (nSPS) is 9.89. The molecule has 1 N–H and O–H groups in total. The molecule has 0 fully saturated rings. The first-order chi connectivity index (χ1) is 8.65. The molecule has 0 unspecified atom stereocenters. The molecule has 0 spiro atoms. The Morgan fingerprint density at radius 1 is 1.33 bits per heavy atom. The van der Waals surface area contributed by atoms with Gasteiger partial charge in [0.15, 0.2) is 0 Å². The van der Waals surface area contributed by atoms with Crippen LogP contribution in [0.25, 0.3) is 0 Å². The van der Waals surface area contributed by atoms with Gasteiger partial charge in [-0.25, -0.2) is 0 Å². The molecule has 4 nitrogen and oxygen atoms in total. The number of nitrogens with one attached hydrogen (secondary N) is 1. The van der Waals surface area contributed by atoms with E-state index in [-0.39, 0.29) is 24.7 Å². The second-order valence-electron chi connectivity index (χ2n) is 3.59. The van der Waals surface area contributed by atoms with Gasteiger partial charge in [0.05, 0.1) is 13.0 Å². The average molecular weight is 267 g/mol. The zero-order valence-corrected chi connectivity index (χ0v) is 11.4. The van der Waals surface area contributed by atoms with Crippen molar-refractivity contribution >= 4 is 29.3 Å². The summed E-state index contributed by atoms with van der Waals surface area (Å²) >= 11 is 1.61. The maximum absolute atomic E-state index is 11.6. The second kappa shape index (κ2) is 7.76. The molecule has 1 amide bonds. The summed E-state index contributed by atoms with van der Waals surface area (Å²) in [4.78, 5) is 23.8. The Morgan fingerprint density at radius 2 is 2.11 bits per heavy atom. The number of hydrogen-bond acceptors (Lipinski definition) is 4. The lowest BCUT2D eigenvalue weighted by molar-refractivity contribution is -0.144. The van der Waals surface area contributed by atoms with Gasteiger partial charge < -0.3 is 10.1 Å². The molecule has 0 saturated carbocycles. The smallest absolute Gasteiger partial charge is 0.306 e. The van der Waals surface area contributed by atoms with Crippen molar-refractivity contribution in [1.82, 2.24) is 0 Å². The Morgan fingerprint density at radius 3 is 2.78 bits per heavy atom. The molecule has 1 rings (SSSR count). The van der Waals surface area contributed by atoms with Gasteiger partial charge in [0, 0.05) is 17.0 Å². The predicted octanol–water partition coefficient (Wildman–Crippen LogP) is 2.69. The first-order valence-corrected chi connectivity index (χ1v) is 6.97. The SMILES string of the molecule is CCOC(=O)CCC(=O)Nc1cccc(SC)c1. The molecule has 0 aliphatic rings. The summed E-state index contributed by atoms with van der Waals surface area (Å²) in [6.45, 7) is 2.09. The highest BCUT2D eigenvalue weighted by Gasteiger charge is 2.07. The summed E-state index contributed by atoms with van der Waals surface area (Å²) in [7, 11) is 0. The largest absolute Gasteiger partial charge is 0.466 e. The van der Waals surface area contributed by atoms with Gasteiger partial charge in [-0.2, -0.15) is 0 Å². The molecule has 0 bridgehead atoms. The first kappa shape index (κ1) is 14.6. The van der Waals surface area contributed by atoms with Crippen LogP contribution in [-0.2, 0) is 14.3 Å². The van der Waals surface area contributed by atoms with Crippen LogP contribution in [0.5, 0.6) is 0 Å². The minimum atomic E-state index is -0.342. The highest BCUT2D eigenvalue weighted by Crippen LogP contribution is 2.19. The Hall–Kier alpha value is -1.49. The third kappa shape index (κ3) is 5.23. The van der Waals surface area contributed by atoms with Gasteiger partial charge in [-0.1, -0.05) is 6.07 Å². The Kier molecular flexibility index (Phi) is 6.28. The highest BCUT2D eigenvalue weighted by atomic mass is 32.2. The number of carbonyl (C=O) groups excluding carboxylic acids is 2. The monoisotopic (exact) mass is 267 g/mol. The van der Waals surface area contributed by atoms with Crippen molar-refractivity contribution in [2.24, 2.45) is 0 Å². The molecule has 5 heteroatoms. The summed E-state index contributed by atoms with van der Waals surface area (Å²) < 4.78 is 4.76. The summed E-state index contributed by atoms with van der Waals surface area (Å²) in [5, 5.41) is 2.75.